The van der Waals surface area contributed by atoms with Crippen LogP contribution in [-0.4, -0.2) is 48.6 Å². The zero-order chi connectivity index (χ0) is 23.5. The summed E-state index contributed by atoms with van der Waals surface area (Å²) in [5.41, 5.74) is 1.60. The summed E-state index contributed by atoms with van der Waals surface area (Å²) >= 11 is 0. The van der Waals surface area contributed by atoms with Gasteiger partial charge in [0.2, 0.25) is 0 Å². The molecule has 0 saturated carbocycles. The Morgan fingerprint density at radius 2 is 1.53 bits per heavy atom. The number of ether oxygens (including phenoxy) is 3. The van der Waals surface area contributed by atoms with Gasteiger partial charge in [-0.3, -0.25) is 9.59 Å². The predicted molar refractivity (Wildman–Crippen MR) is 117 cm³/mol. The Balaban J connectivity index is 1.96. The van der Waals surface area contributed by atoms with Gasteiger partial charge in [0.25, 0.3) is 0 Å². The second-order valence-corrected chi connectivity index (χ2v) is 6.60. The monoisotopic (exact) mass is 440 g/mol. The molecular weight excluding hydrogens is 416 g/mol. The van der Waals surface area contributed by atoms with Crippen LogP contribution in [-0.2, 0) is 25.7 Å². The lowest BCUT2D eigenvalue weighted by Gasteiger charge is -2.10. The maximum Gasteiger partial charge on any atom is 0.343 e. The van der Waals surface area contributed by atoms with Crippen LogP contribution in [0, 0.1) is 0 Å². The van der Waals surface area contributed by atoms with Crippen molar-refractivity contribution in [3.05, 3.63) is 65.2 Å². The van der Waals surface area contributed by atoms with Gasteiger partial charge in [0.1, 0.15) is 5.75 Å². The molecule has 2 aromatic rings. The number of benzene rings is 2. The number of aliphatic hydroxyl groups is 1. The first-order chi connectivity index (χ1) is 15.4. The van der Waals surface area contributed by atoms with Crippen molar-refractivity contribution < 1.29 is 38.8 Å². The summed E-state index contributed by atoms with van der Waals surface area (Å²) in [6.07, 6.45) is 5.31. The lowest BCUT2D eigenvalue weighted by atomic mass is 10.1. The lowest BCUT2D eigenvalue weighted by Crippen LogP contribution is -2.12. The molecule has 0 unspecified atom stereocenters. The Morgan fingerprint density at radius 1 is 0.906 bits per heavy atom. The van der Waals surface area contributed by atoms with Crippen LogP contribution in [0.15, 0.2) is 48.6 Å². The molecule has 0 aliphatic heterocycles. The van der Waals surface area contributed by atoms with Gasteiger partial charge in [-0.25, -0.2) is 4.79 Å². The summed E-state index contributed by atoms with van der Waals surface area (Å²) < 4.78 is 15.1. The summed E-state index contributed by atoms with van der Waals surface area (Å²) in [6.45, 7) is -0.588. The minimum atomic E-state index is -0.528. The fourth-order valence-corrected chi connectivity index (χ4v) is 2.61. The minimum absolute atomic E-state index is 0.0315. The highest BCUT2D eigenvalue weighted by Gasteiger charge is 2.09. The van der Waals surface area contributed by atoms with Crippen LogP contribution in [0.1, 0.15) is 23.1 Å². The molecule has 0 spiro atoms. The predicted octanol–water partition coefficient (Wildman–Crippen LogP) is 2.70. The van der Waals surface area contributed by atoms with Crippen LogP contribution in [0.5, 0.6) is 17.2 Å². The third kappa shape index (κ3) is 7.41. The first-order valence-corrected chi connectivity index (χ1v) is 9.58. The number of phenols is 1. The zero-order valence-electron chi connectivity index (χ0n) is 17.7. The van der Waals surface area contributed by atoms with E-state index in [1.807, 2.05) is 0 Å². The van der Waals surface area contributed by atoms with Crippen molar-refractivity contribution in [3.8, 4) is 17.2 Å². The molecule has 0 aliphatic carbocycles. The maximum absolute atomic E-state index is 12.1. The quantitative estimate of drug-likeness (QED) is 0.311. The van der Waals surface area contributed by atoms with Gasteiger partial charge in [-0.15, -0.1) is 0 Å². The number of aliphatic hydroxyl groups excluding tert-OH is 1. The molecule has 0 aromatic heterocycles. The molecule has 0 saturated heterocycles. The molecule has 32 heavy (non-hydrogen) atoms. The van der Waals surface area contributed by atoms with Gasteiger partial charge in [0, 0.05) is 5.56 Å². The first-order valence-electron chi connectivity index (χ1n) is 9.58. The number of rotatable bonds is 11. The molecule has 168 valence electrons. The van der Waals surface area contributed by atoms with Gasteiger partial charge in [-0.1, -0.05) is 24.3 Å². The number of allylic oxidation sites excluding steroid dienone is 2. The van der Waals surface area contributed by atoms with Gasteiger partial charge in [-0.05, 0) is 47.5 Å². The summed E-state index contributed by atoms with van der Waals surface area (Å²) in [5.74, 6) is -0.608. The standard InChI is InChI=1S/C24H24O8/c1-30-23-12-17(6-10-22(23)32-15-24(29)31-2)4-8-20(27)13-19(26)7-3-16-5-9-21(28)18(11-16)14-25/h3-12,25,28H,13-15H2,1-2H3/b7-3+,8-4+. The third-order valence-electron chi connectivity index (χ3n) is 4.31. The molecule has 0 aliphatic rings. The first kappa shape index (κ1) is 24.4. The largest absolute Gasteiger partial charge is 0.508 e. The summed E-state index contributed by atoms with van der Waals surface area (Å²) in [7, 11) is 2.70. The molecule has 0 amide bonds. The van der Waals surface area contributed by atoms with E-state index in [0.717, 1.165) is 0 Å². The van der Waals surface area contributed by atoms with Gasteiger partial charge < -0.3 is 24.4 Å². The van der Waals surface area contributed by atoms with Crippen LogP contribution >= 0.6 is 0 Å². The highest BCUT2D eigenvalue weighted by molar-refractivity contribution is 6.10. The van der Waals surface area contributed by atoms with Crippen molar-refractivity contribution >= 4 is 29.7 Å². The van der Waals surface area contributed by atoms with Gasteiger partial charge >= 0.3 is 5.97 Å². The summed E-state index contributed by atoms with van der Waals surface area (Å²) in [4.78, 5) is 35.3. The van der Waals surface area contributed by atoms with E-state index in [1.165, 1.54) is 38.5 Å². The van der Waals surface area contributed by atoms with E-state index in [-0.39, 0.29) is 37.0 Å². The molecule has 0 atom stereocenters. The Labute approximate surface area is 185 Å². The number of aromatic hydroxyl groups is 1. The van der Waals surface area contributed by atoms with Crippen LogP contribution in [0.25, 0.3) is 12.2 Å². The van der Waals surface area contributed by atoms with Crippen molar-refractivity contribution in [3.63, 3.8) is 0 Å². The molecule has 8 heteroatoms. The number of carbonyl (C=O) groups is 3. The number of esters is 1. The molecule has 2 rings (SSSR count). The van der Waals surface area contributed by atoms with Crippen LogP contribution < -0.4 is 9.47 Å². The van der Waals surface area contributed by atoms with Gasteiger partial charge in [-0.2, -0.15) is 0 Å². The number of hydrogen-bond donors (Lipinski definition) is 2. The molecule has 8 nitrogen and oxygen atoms in total. The number of methoxy groups -OCH3 is 2. The SMILES string of the molecule is COC(=O)COc1ccc(/C=C/C(=O)CC(=O)/C=C/c2ccc(O)c(CO)c2)cc1OC. The van der Waals surface area contributed by atoms with Crippen molar-refractivity contribution in [2.24, 2.45) is 0 Å². The minimum Gasteiger partial charge on any atom is -0.508 e. The van der Waals surface area contributed by atoms with Crippen molar-refractivity contribution in [1.82, 2.24) is 0 Å². The Hall–Kier alpha value is -3.91. The molecule has 0 fully saturated rings. The van der Waals surface area contributed by atoms with E-state index in [4.69, 9.17) is 14.6 Å². The number of hydrogen-bond acceptors (Lipinski definition) is 8. The van der Waals surface area contributed by atoms with E-state index in [0.29, 0.717) is 28.2 Å². The van der Waals surface area contributed by atoms with E-state index >= 15 is 0 Å². The van der Waals surface area contributed by atoms with Crippen molar-refractivity contribution in [2.45, 2.75) is 13.0 Å². The van der Waals surface area contributed by atoms with Crippen molar-refractivity contribution in [2.75, 3.05) is 20.8 Å². The fraction of sp³-hybridized carbons (Fsp3) is 0.208. The van der Waals surface area contributed by atoms with Crippen LogP contribution in [0.3, 0.4) is 0 Å². The fourth-order valence-electron chi connectivity index (χ4n) is 2.61. The van der Waals surface area contributed by atoms with E-state index in [2.05, 4.69) is 4.74 Å². The van der Waals surface area contributed by atoms with Crippen molar-refractivity contribution in [1.29, 1.82) is 0 Å². The number of carbonyl (C=O) groups excluding carboxylic acids is 3. The Kier molecular flexibility index (Phi) is 9.19. The normalized spacial score (nSPS) is 11.0. The second-order valence-electron chi connectivity index (χ2n) is 6.60. The van der Waals surface area contributed by atoms with Crippen LogP contribution in [0.2, 0.25) is 0 Å². The average molecular weight is 440 g/mol. The molecule has 2 N–H and O–H groups in total. The third-order valence-corrected chi connectivity index (χ3v) is 4.31. The second kappa shape index (κ2) is 12.1. The lowest BCUT2D eigenvalue weighted by molar-refractivity contribution is -0.143. The van der Waals surface area contributed by atoms with Gasteiger partial charge in [0.05, 0.1) is 27.2 Å². The van der Waals surface area contributed by atoms with E-state index in [1.54, 1.807) is 36.4 Å². The van der Waals surface area contributed by atoms with E-state index < -0.39 is 5.97 Å². The maximum atomic E-state index is 12.1. The van der Waals surface area contributed by atoms with E-state index in [9.17, 15) is 19.5 Å². The average Bonchev–Trinajstić information content (AvgIpc) is 2.80. The van der Waals surface area contributed by atoms with Crippen LogP contribution in [0.4, 0.5) is 0 Å². The molecule has 0 bridgehead atoms. The number of ketones is 2. The molecule has 2 aromatic carbocycles. The summed E-state index contributed by atoms with van der Waals surface area (Å²) in [6, 6.07) is 9.45. The summed E-state index contributed by atoms with van der Waals surface area (Å²) in [5, 5.41) is 18.7. The van der Waals surface area contributed by atoms with Gasteiger partial charge in [0.15, 0.2) is 29.7 Å². The zero-order valence-corrected chi connectivity index (χ0v) is 17.7. The molecule has 0 radical (unpaired) electrons. The Morgan fingerprint density at radius 3 is 2.12 bits per heavy atom. The smallest absolute Gasteiger partial charge is 0.343 e. The highest BCUT2D eigenvalue weighted by atomic mass is 16.6. The highest BCUT2D eigenvalue weighted by Crippen LogP contribution is 2.28. The Bertz CT molecular complexity index is 1040. The molecular formula is C24H24O8. The molecule has 0 heterocycles. The topological polar surface area (TPSA) is 119 Å².